The summed E-state index contributed by atoms with van der Waals surface area (Å²) in [5.41, 5.74) is 4.01. The molecule has 25 heavy (non-hydrogen) atoms. The Labute approximate surface area is 157 Å². The van der Waals surface area contributed by atoms with Crippen LogP contribution in [0.25, 0.3) is 22.2 Å². The molecule has 4 rings (SSSR count). The molecule has 0 atom stereocenters. The van der Waals surface area contributed by atoms with E-state index in [1.54, 1.807) is 0 Å². The SMILES string of the molecule is C[Se]c1cc(-c2cn(Cc3ccccc3)nn2)c2ccc(Cl)cc2n1. The van der Waals surface area contributed by atoms with Gasteiger partial charge in [-0.3, -0.25) is 0 Å². The second-order valence-electron chi connectivity index (χ2n) is 5.66. The molecule has 4 nitrogen and oxygen atoms in total. The van der Waals surface area contributed by atoms with Gasteiger partial charge < -0.3 is 0 Å². The number of fused-ring (bicyclic) bond motifs is 1. The molecular weight excluding hydrogens is 399 g/mol. The Morgan fingerprint density at radius 1 is 1.08 bits per heavy atom. The van der Waals surface area contributed by atoms with Crippen molar-refractivity contribution in [1.29, 1.82) is 0 Å². The van der Waals surface area contributed by atoms with Crippen LogP contribution in [0.3, 0.4) is 0 Å². The fourth-order valence-electron chi connectivity index (χ4n) is 2.76. The second-order valence-corrected chi connectivity index (χ2v) is 7.83. The summed E-state index contributed by atoms with van der Waals surface area (Å²) < 4.78 is 2.94. The summed E-state index contributed by atoms with van der Waals surface area (Å²) in [7, 11) is 0. The molecule has 124 valence electrons. The Balaban J connectivity index is 1.77. The number of rotatable bonds is 4. The van der Waals surface area contributed by atoms with Gasteiger partial charge in [0.25, 0.3) is 0 Å². The third kappa shape index (κ3) is 3.45. The third-order valence-corrected chi connectivity index (χ3v) is 5.51. The standard InChI is InChI=1S/C19H15ClN4Se/c1-25-19-10-16(15-8-7-14(20)9-17(15)21-19)18-12-24(23-22-18)11-13-5-3-2-4-6-13/h2-10,12H,11H2,1H3. The minimum atomic E-state index is 0.297. The molecule has 0 unspecified atom stereocenters. The van der Waals surface area contributed by atoms with Crippen LogP contribution < -0.4 is 4.59 Å². The topological polar surface area (TPSA) is 43.6 Å². The fourth-order valence-corrected chi connectivity index (χ4v) is 3.82. The van der Waals surface area contributed by atoms with Gasteiger partial charge in [-0.15, -0.1) is 0 Å². The van der Waals surface area contributed by atoms with Crippen molar-refractivity contribution in [3.05, 3.63) is 71.4 Å². The monoisotopic (exact) mass is 414 g/mol. The van der Waals surface area contributed by atoms with Gasteiger partial charge in [0.2, 0.25) is 0 Å². The summed E-state index contributed by atoms with van der Waals surface area (Å²) in [6.45, 7) is 0.702. The van der Waals surface area contributed by atoms with E-state index in [0.29, 0.717) is 26.5 Å². The molecule has 0 bridgehead atoms. The van der Waals surface area contributed by atoms with Crippen molar-refractivity contribution in [3.8, 4) is 11.3 Å². The number of benzene rings is 2. The van der Waals surface area contributed by atoms with Crippen LogP contribution >= 0.6 is 11.6 Å². The molecule has 2 aromatic carbocycles. The van der Waals surface area contributed by atoms with Crippen LogP contribution in [-0.4, -0.2) is 34.9 Å². The zero-order chi connectivity index (χ0) is 17.2. The van der Waals surface area contributed by atoms with E-state index in [1.165, 1.54) is 5.56 Å². The summed E-state index contributed by atoms with van der Waals surface area (Å²) in [6.07, 6.45) is 1.99. The van der Waals surface area contributed by atoms with E-state index in [4.69, 9.17) is 16.6 Å². The number of hydrogen-bond donors (Lipinski definition) is 0. The van der Waals surface area contributed by atoms with Crippen LogP contribution in [0.15, 0.2) is 60.8 Å². The van der Waals surface area contributed by atoms with E-state index in [-0.39, 0.29) is 0 Å². The van der Waals surface area contributed by atoms with E-state index in [2.05, 4.69) is 34.3 Å². The van der Waals surface area contributed by atoms with Gasteiger partial charge in [0, 0.05) is 0 Å². The summed E-state index contributed by atoms with van der Waals surface area (Å²) in [4.78, 5) is 4.70. The predicted molar refractivity (Wildman–Crippen MR) is 103 cm³/mol. The zero-order valence-electron chi connectivity index (χ0n) is 13.6. The van der Waals surface area contributed by atoms with Gasteiger partial charge >= 0.3 is 157 Å². The molecule has 2 heterocycles. The second kappa shape index (κ2) is 6.96. The molecule has 0 N–H and O–H groups in total. The van der Waals surface area contributed by atoms with Gasteiger partial charge in [-0.25, -0.2) is 0 Å². The first-order valence-corrected chi connectivity index (χ1v) is 10.8. The summed E-state index contributed by atoms with van der Waals surface area (Å²) in [5.74, 6) is 2.15. The maximum atomic E-state index is 6.14. The van der Waals surface area contributed by atoms with Crippen LogP contribution in [0.1, 0.15) is 5.56 Å². The quantitative estimate of drug-likeness (QED) is 0.480. The molecule has 0 saturated carbocycles. The van der Waals surface area contributed by atoms with Crippen molar-refractivity contribution in [2.24, 2.45) is 0 Å². The first kappa shape index (κ1) is 16.3. The Morgan fingerprint density at radius 3 is 2.72 bits per heavy atom. The predicted octanol–water partition coefficient (Wildman–Crippen LogP) is 3.57. The van der Waals surface area contributed by atoms with Gasteiger partial charge in [0.05, 0.1) is 0 Å². The number of pyridine rings is 1. The van der Waals surface area contributed by atoms with Crippen molar-refractivity contribution in [2.75, 3.05) is 0 Å². The molecule has 0 radical (unpaired) electrons. The maximum absolute atomic E-state index is 6.14. The van der Waals surface area contributed by atoms with Gasteiger partial charge in [-0.2, -0.15) is 0 Å². The normalized spacial score (nSPS) is 11.1. The first-order valence-electron chi connectivity index (χ1n) is 7.81. The molecule has 2 aromatic heterocycles. The van der Waals surface area contributed by atoms with Crippen molar-refractivity contribution < 1.29 is 0 Å². The van der Waals surface area contributed by atoms with E-state index in [0.717, 1.165) is 26.8 Å². The van der Waals surface area contributed by atoms with Gasteiger partial charge in [0.15, 0.2) is 0 Å². The molecule has 4 aromatic rings. The van der Waals surface area contributed by atoms with Crippen LogP contribution in [0.2, 0.25) is 10.8 Å². The third-order valence-electron chi connectivity index (χ3n) is 3.96. The van der Waals surface area contributed by atoms with Crippen LogP contribution in [-0.2, 0) is 6.54 Å². The average Bonchev–Trinajstić information content (AvgIpc) is 3.09. The van der Waals surface area contributed by atoms with E-state index >= 15 is 0 Å². The number of aromatic nitrogens is 4. The molecule has 0 aliphatic heterocycles. The van der Waals surface area contributed by atoms with Crippen molar-refractivity contribution >= 4 is 42.1 Å². The molecule has 0 fully saturated rings. The molecule has 0 saturated heterocycles. The first-order chi connectivity index (χ1) is 12.2. The summed E-state index contributed by atoms with van der Waals surface area (Å²) in [5, 5.41) is 10.4. The van der Waals surface area contributed by atoms with E-state index in [9.17, 15) is 0 Å². The fraction of sp³-hybridized carbons (Fsp3) is 0.105. The van der Waals surface area contributed by atoms with Gasteiger partial charge in [-0.1, -0.05) is 0 Å². The minimum absolute atomic E-state index is 0.297. The number of halogens is 1. The number of hydrogen-bond acceptors (Lipinski definition) is 3. The van der Waals surface area contributed by atoms with Crippen molar-refractivity contribution in [1.82, 2.24) is 20.0 Å². The van der Waals surface area contributed by atoms with Crippen LogP contribution in [0.5, 0.6) is 0 Å². The van der Waals surface area contributed by atoms with Gasteiger partial charge in [0.1, 0.15) is 0 Å². The average molecular weight is 414 g/mol. The van der Waals surface area contributed by atoms with Gasteiger partial charge in [-0.05, 0) is 0 Å². The molecule has 0 aliphatic rings. The van der Waals surface area contributed by atoms with E-state index < -0.39 is 0 Å². The molecule has 6 heteroatoms. The Bertz CT molecular complexity index is 1030. The number of nitrogens with zero attached hydrogens (tertiary/aromatic N) is 4. The zero-order valence-corrected chi connectivity index (χ0v) is 16.0. The molecule has 0 aliphatic carbocycles. The summed E-state index contributed by atoms with van der Waals surface area (Å²) in [6, 6.07) is 18.2. The van der Waals surface area contributed by atoms with Crippen LogP contribution in [0, 0.1) is 0 Å². The summed E-state index contributed by atoms with van der Waals surface area (Å²) >= 11 is 6.44. The van der Waals surface area contributed by atoms with Crippen molar-refractivity contribution in [2.45, 2.75) is 12.4 Å². The Kier molecular flexibility index (Phi) is 4.53. The molecular formula is C19H15ClN4Se. The Hall–Kier alpha value is -2.20. The Morgan fingerprint density at radius 2 is 1.92 bits per heavy atom. The molecule has 0 amide bonds. The van der Waals surface area contributed by atoms with Crippen LogP contribution in [0.4, 0.5) is 0 Å². The van der Waals surface area contributed by atoms with E-state index in [1.807, 2.05) is 47.3 Å². The molecule has 0 spiro atoms. The van der Waals surface area contributed by atoms with Crippen molar-refractivity contribution in [3.63, 3.8) is 0 Å².